The lowest BCUT2D eigenvalue weighted by atomic mass is 9.61. The van der Waals surface area contributed by atoms with Crippen molar-refractivity contribution >= 4 is 0 Å². The molecular weight excluding hydrogens is 368 g/mol. The molecule has 2 N–H and O–H groups in total. The maximum atomic E-state index is 10.3. The Morgan fingerprint density at radius 2 is 1.83 bits per heavy atom. The molecule has 0 aromatic rings. The van der Waals surface area contributed by atoms with Crippen molar-refractivity contribution in [2.24, 2.45) is 29.1 Å². The van der Waals surface area contributed by atoms with E-state index < -0.39 is 5.60 Å². The maximum Gasteiger partial charge on any atom is 0.0651 e. The average Bonchev–Trinajstić information content (AvgIpc) is 3.03. The fourth-order valence-electron chi connectivity index (χ4n) is 6.25. The minimum atomic E-state index is -0.663. The first-order valence-corrected chi connectivity index (χ1v) is 12.2. The van der Waals surface area contributed by atoms with Gasteiger partial charge in [0.1, 0.15) is 0 Å². The van der Waals surface area contributed by atoms with E-state index in [9.17, 15) is 10.2 Å². The molecule has 0 spiro atoms. The molecule has 0 aliphatic heterocycles. The number of aliphatic hydroxyl groups excluding tert-OH is 1. The topological polar surface area (TPSA) is 40.5 Å². The molecule has 0 aromatic carbocycles. The Kier molecular flexibility index (Phi) is 7.19. The minimum Gasteiger partial charge on any atom is -0.393 e. The normalized spacial score (nSPS) is 37.7. The Bertz CT molecular complexity index is 719. The molecule has 3 aliphatic rings. The summed E-state index contributed by atoms with van der Waals surface area (Å²) in [6.07, 6.45) is 18.0. The molecular formula is C28H44O2. The third-order valence-electron chi connectivity index (χ3n) is 8.68. The van der Waals surface area contributed by atoms with Crippen LogP contribution in [0.1, 0.15) is 86.0 Å². The quantitative estimate of drug-likeness (QED) is 0.490. The van der Waals surface area contributed by atoms with E-state index in [2.05, 4.69) is 51.7 Å². The predicted molar refractivity (Wildman–Crippen MR) is 127 cm³/mol. The predicted octanol–water partition coefficient (Wildman–Crippen LogP) is 6.76. The molecule has 2 heteroatoms. The van der Waals surface area contributed by atoms with E-state index >= 15 is 0 Å². The van der Waals surface area contributed by atoms with E-state index in [4.69, 9.17) is 0 Å². The van der Waals surface area contributed by atoms with E-state index in [0.717, 1.165) is 19.3 Å². The third-order valence-corrected chi connectivity index (χ3v) is 8.68. The lowest BCUT2D eigenvalue weighted by molar-refractivity contribution is 0.0436. The number of fused-ring (bicyclic) bond motifs is 1. The van der Waals surface area contributed by atoms with E-state index in [1.807, 2.05) is 13.8 Å². The zero-order valence-electron chi connectivity index (χ0n) is 20.0. The molecule has 3 aliphatic carbocycles. The lowest BCUT2D eigenvalue weighted by Crippen LogP contribution is -2.35. The summed E-state index contributed by atoms with van der Waals surface area (Å²) in [4.78, 5) is 0. The van der Waals surface area contributed by atoms with Gasteiger partial charge in [-0.2, -0.15) is 0 Å². The SMILES string of the molecule is C=C1CC[C@@H](O)C/C1=C/C=C1/CCC[C@]2(C)[C@@H]([C@H](C)/C=C/[C@H](C)C(C)(C)O)CC[C@@H]12. The zero-order chi connectivity index (χ0) is 22.1. The molecule has 0 radical (unpaired) electrons. The van der Waals surface area contributed by atoms with Crippen LogP contribution in [0.15, 0.2) is 47.6 Å². The molecule has 0 aromatic heterocycles. The van der Waals surface area contributed by atoms with Gasteiger partial charge in [0.05, 0.1) is 11.7 Å². The van der Waals surface area contributed by atoms with Gasteiger partial charge in [-0.05, 0) is 94.0 Å². The Balaban J connectivity index is 1.75. The number of allylic oxidation sites excluding steroid dienone is 5. The largest absolute Gasteiger partial charge is 0.393 e. The van der Waals surface area contributed by atoms with Crippen LogP contribution in [0.4, 0.5) is 0 Å². The van der Waals surface area contributed by atoms with Crippen molar-refractivity contribution in [1.29, 1.82) is 0 Å². The molecule has 0 unspecified atom stereocenters. The summed E-state index contributed by atoms with van der Waals surface area (Å²) in [5.74, 6) is 2.08. The highest BCUT2D eigenvalue weighted by Crippen LogP contribution is 2.59. The van der Waals surface area contributed by atoms with Gasteiger partial charge in [-0.15, -0.1) is 0 Å². The van der Waals surface area contributed by atoms with Crippen molar-refractivity contribution in [3.63, 3.8) is 0 Å². The number of aliphatic hydroxyl groups is 2. The van der Waals surface area contributed by atoms with E-state index in [1.54, 1.807) is 5.57 Å². The van der Waals surface area contributed by atoms with Gasteiger partial charge in [-0.3, -0.25) is 0 Å². The number of rotatable bonds is 5. The standard InChI is InChI=1S/C28H44O2/c1-19-10-14-24(29)18-23(19)13-12-22-8-7-17-28(6)25(15-16-26(22)28)20(2)9-11-21(3)27(4,5)30/h9,11-13,20-21,24-26,29-30H,1,7-8,10,14-18H2,2-6H3/b11-9+,22-12-,23-13-/t20-,21+,24-,25-,26+,28-/m1/s1. The highest BCUT2D eigenvalue weighted by molar-refractivity contribution is 5.36. The van der Waals surface area contributed by atoms with Crippen LogP contribution in [0.25, 0.3) is 0 Å². The van der Waals surface area contributed by atoms with Gasteiger partial charge in [0.2, 0.25) is 0 Å². The fraction of sp³-hybridized carbons (Fsp3) is 0.714. The first-order valence-electron chi connectivity index (χ1n) is 12.2. The molecule has 3 rings (SSSR count). The van der Waals surface area contributed by atoms with Crippen molar-refractivity contribution < 1.29 is 10.2 Å². The fourth-order valence-corrected chi connectivity index (χ4v) is 6.25. The Hall–Kier alpha value is -1.12. The van der Waals surface area contributed by atoms with Gasteiger partial charge in [0, 0.05) is 5.92 Å². The van der Waals surface area contributed by atoms with Crippen LogP contribution < -0.4 is 0 Å². The van der Waals surface area contributed by atoms with Gasteiger partial charge >= 0.3 is 0 Å². The zero-order valence-corrected chi connectivity index (χ0v) is 20.0. The van der Waals surface area contributed by atoms with Crippen LogP contribution in [-0.2, 0) is 0 Å². The first kappa shape index (κ1) is 23.5. The van der Waals surface area contributed by atoms with Crippen molar-refractivity contribution in [2.75, 3.05) is 0 Å². The smallest absolute Gasteiger partial charge is 0.0651 e. The van der Waals surface area contributed by atoms with Gasteiger partial charge in [-0.1, -0.05) is 62.8 Å². The van der Waals surface area contributed by atoms with Crippen LogP contribution in [0.5, 0.6) is 0 Å². The van der Waals surface area contributed by atoms with E-state index in [-0.39, 0.29) is 12.0 Å². The molecule has 3 saturated carbocycles. The molecule has 6 atom stereocenters. The maximum absolute atomic E-state index is 10.3. The van der Waals surface area contributed by atoms with Crippen LogP contribution in [0.2, 0.25) is 0 Å². The second-order valence-electron chi connectivity index (χ2n) is 11.2. The third kappa shape index (κ3) is 5.02. The molecule has 0 heterocycles. The Morgan fingerprint density at radius 3 is 2.53 bits per heavy atom. The lowest BCUT2D eigenvalue weighted by Gasteiger charge is -2.44. The Morgan fingerprint density at radius 1 is 1.10 bits per heavy atom. The van der Waals surface area contributed by atoms with Gasteiger partial charge in [0.25, 0.3) is 0 Å². The molecule has 3 fully saturated rings. The van der Waals surface area contributed by atoms with Crippen molar-refractivity contribution in [3.05, 3.63) is 47.6 Å². The molecule has 168 valence electrons. The van der Waals surface area contributed by atoms with E-state index in [1.165, 1.54) is 43.3 Å². The first-order chi connectivity index (χ1) is 14.0. The van der Waals surface area contributed by atoms with Crippen LogP contribution >= 0.6 is 0 Å². The summed E-state index contributed by atoms with van der Waals surface area (Å²) in [6, 6.07) is 0. The monoisotopic (exact) mass is 412 g/mol. The van der Waals surface area contributed by atoms with Gasteiger partial charge < -0.3 is 10.2 Å². The van der Waals surface area contributed by atoms with Crippen LogP contribution in [0, 0.1) is 29.1 Å². The molecule has 30 heavy (non-hydrogen) atoms. The summed E-state index contributed by atoms with van der Waals surface area (Å²) >= 11 is 0. The Labute approximate surface area is 184 Å². The minimum absolute atomic E-state index is 0.164. The van der Waals surface area contributed by atoms with Crippen molar-refractivity contribution in [3.8, 4) is 0 Å². The van der Waals surface area contributed by atoms with Crippen molar-refractivity contribution in [2.45, 2.75) is 97.7 Å². The number of hydrogen-bond donors (Lipinski definition) is 2. The summed E-state index contributed by atoms with van der Waals surface area (Å²) in [6.45, 7) is 15.0. The summed E-state index contributed by atoms with van der Waals surface area (Å²) in [5.41, 5.74) is 3.78. The van der Waals surface area contributed by atoms with Crippen LogP contribution in [-0.4, -0.2) is 21.9 Å². The summed E-state index contributed by atoms with van der Waals surface area (Å²) in [7, 11) is 0. The summed E-state index contributed by atoms with van der Waals surface area (Å²) in [5, 5.41) is 20.3. The molecule has 0 saturated heterocycles. The van der Waals surface area contributed by atoms with Crippen LogP contribution in [0.3, 0.4) is 0 Å². The molecule has 2 nitrogen and oxygen atoms in total. The second kappa shape index (κ2) is 9.17. The van der Waals surface area contributed by atoms with E-state index in [0.29, 0.717) is 23.2 Å². The highest BCUT2D eigenvalue weighted by atomic mass is 16.3. The number of hydrogen-bond acceptors (Lipinski definition) is 2. The summed E-state index contributed by atoms with van der Waals surface area (Å²) < 4.78 is 0. The van der Waals surface area contributed by atoms with Crippen molar-refractivity contribution in [1.82, 2.24) is 0 Å². The van der Waals surface area contributed by atoms with Gasteiger partial charge in [-0.25, -0.2) is 0 Å². The highest BCUT2D eigenvalue weighted by Gasteiger charge is 2.50. The molecule has 0 bridgehead atoms. The average molecular weight is 413 g/mol. The molecule has 0 amide bonds. The second-order valence-corrected chi connectivity index (χ2v) is 11.2. The van der Waals surface area contributed by atoms with Gasteiger partial charge in [0.15, 0.2) is 0 Å².